The first-order valence-electron chi connectivity index (χ1n) is 9.00. The maximum Gasteiger partial charge on any atom is 0.295 e. The van der Waals surface area contributed by atoms with Gasteiger partial charge >= 0.3 is 0 Å². The second kappa shape index (κ2) is 7.56. The number of aliphatic hydroxyl groups excluding tert-OH is 1. The van der Waals surface area contributed by atoms with Gasteiger partial charge in [-0.1, -0.05) is 30.3 Å². The van der Waals surface area contributed by atoms with Crippen LogP contribution < -0.4 is 0 Å². The molecule has 0 spiro atoms. The molecule has 142 valence electrons. The minimum Gasteiger partial charge on any atom is -0.507 e. The number of ketones is 1. The third kappa shape index (κ3) is 3.22. The quantitative estimate of drug-likeness (QED) is 0.405. The van der Waals surface area contributed by atoms with Crippen molar-refractivity contribution in [2.75, 3.05) is 6.54 Å². The normalized spacial score (nSPS) is 18.7. The number of imidazole rings is 1. The zero-order valence-electron chi connectivity index (χ0n) is 15.1. The summed E-state index contributed by atoms with van der Waals surface area (Å²) in [6.07, 6.45) is 7.35. The van der Waals surface area contributed by atoms with E-state index < -0.39 is 17.7 Å². The summed E-state index contributed by atoms with van der Waals surface area (Å²) in [6.45, 7) is 1.01. The van der Waals surface area contributed by atoms with Crippen molar-refractivity contribution in [1.29, 1.82) is 0 Å². The number of aromatic nitrogens is 2. The minimum atomic E-state index is -0.752. The topological polar surface area (TPSA) is 88.6 Å². The number of aliphatic hydroxyl groups is 1. The van der Waals surface area contributed by atoms with Crippen molar-refractivity contribution < 1.29 is 19.1 Å². The number of likely N-dealkylation sites (tertiary alicyclic amines) is 1. The van der Waals surface area contributed by atoms with Crippen LogP contribution in [0.5, 0.6) is 0 Å². The van der Waals surface area contributed by atoms with Gasteiger partial charge < -0.3 is 19.0 Å². The van der Waals surface area contributed by atoms with Crippen LogP contribution in [0, 0.1) is 0 Å². The van der Waals surface area contributed by atoms with E-state index in [1.165, 1.54) is 11.2 Å². The number of carbonyl (C=O) groups is 2. The SMILES string of the molecule is O=C1C(=O)N(CCCn2ccnc2)C(c2ccco2)/C1=C(\O)c1ccccc1. The van der Waals surface area contributed by atoms with Gasteiger partial charge in [0.25, 0.3) is 11.7 Å². The van der Waals surface area contributed by atoms with Gasteiger partial charge in [0.1, 0.15) is 17.6 Å². The van der Waals surface area contributed by atoms with Crippen LogP contribution in [0.25, 0.3) is 5.76 Å². The van der Waals surface area contributed by atoms with Gasteiger partial charge in [-0.25, -0.2) is 4.98 Å². The maximum atomic E-state index is 12.8. The van der Waals surface area contributed by atoms with Crippen molar-refractivity contribution in [2.24, 2.45) is 0 Å². The fraction of sp³-hybridized carbons (Fsp3) is 0.190. The Labute approximate surface area is 161 Å². The Morgan fingerprint density at radius 1 is 1.11 bits per heavy atom. The molecule has 1 amide bonds. The van der Waals surface area contributed by atoms with Crippen LogP contribution in [0.15, 0.2) is 77.4 Å². The first kappa shape index (κ1) is 17.8. The van der Waals surface area contributed by atoms with Gasteiger partial charge in [-0.3, -0.25) is 9.59 Å². The molecule has 7 nitrogen and oxygen atoms in total. The molecular formula is C21H19N3O4. The highest BCUT2D eigenvalue weighted by Gasteiger charge is 2.47. The van der Waals surface area contributed by atoms with Crippen molar-refractivity contribution >= 4 is 17.4 Å². The average Bonchev–Trinajstić information content (AvgIpc) is 3.46. The van der Waals surface area contributed by atoms with Crippen molar-refractivity contribution in [2.45, 2.75) is 19.0 Å². The van der Waals surface area contributed by atoms with Crippen molar-refractivity contribution in [1.82, 2.24) is 14.5 Å². The Morgan fingerprint density at radius 3 is 2.61 bits per heavy atom. The molecule has 0 saturated carbocycles. The molecule has 1 fully saturated rings. The Hall–Kier alpha value is -3.61. The molecule has 0 aliphatic carbocycles. The summed E-state index contributed by atoms with van der Waals surface area (Å²) in [5.74, 6) is -1.09. The minimum absolute atomic E-state index is 0.0498. The van der Waals surface area contributed by atoms with Gasteiger partial charge in [0.2, 0.25) is 0 Å². The highest BCUT2D eigenvalue weighted by atomic mass is 16.3. The number of aryl methyl sites for hydroxylation is 1. The van der Waals surface area contributed by atoms with Gasteiger partial charge in [0.15, 0.2) is 0 Å². The second-order valence-corrected chi connectivity index (χ2v) is 6.53. The maximum absolute atomic E-state index is 12.8. The van der Waals surface area contributed by atoms with E-state index in [4.69, 9.17) is 4.42 Å². The highest BCUT2D eigenvalue weighted by molar-refractivity contribution is 6.46. The molecule has 1 aliphatic heterocycles. The summed E-state index contributed by atoms with van der Waals surface area (Å²) in [4.78, 5) is 30.9. The molecular weight excluding hydrogens is 358 g/mol. The Kier molecular flexibility index (Phi) is 4.80. The van der Waals surface area contributed by atoms with Crippen LogP contribution in [-0.4, -0.2) is 37.8 Å². The number of hydrogen-bond acceptors (Lipinski definition) is 5. The number of amides is 1. The molecule has 1 aromatic carbocycles. The lowest BCUT2D eigenvalue weighted by Gasteiger charge is -2.23. The zero-order chi connectivity index (χ0) is 19.5. The molecule has 1 saturated heterocycles. The van der Waals surface area contributed by atoms with Crippen molar-refractivity contribution in [3.8, 4) is 0 Å². The van der Waals surface area contributed by atoms with E-state index in [0.29, 0.717) is 30.8 Å². The lowest BCUT2D eigenvalue weighted by atomic mass is 9.99. The number of furan rings is 1. The molecule has 3 aromatic rings. The smallest absolute Gasteiger partial charge is 0.295 e. The lowest BCUT2D eigenvalue weighted by Crippen LogP contribution is -2.31. The third-order valence-corrected chi connectivity index (χ3v) is 4.77. The molecule has 3 heterocycles. The number of nitrogens with zero attached hydrogens (tertiary/aromatic N) is 3. The first-order chi connectivity index (χ1) is 13.7. The molecule has 7 heteroatoms. The molecule has 0 radical (unpaired) electrons. The second-order valence-electron chi connectivity index (χ2n) is 6.53. The molecule has 2 aromatic heterocycles. The van der Waals surface area contributed by atoms with E-state index in [-0.39, 0.29) is 11.3 Å². The Balaban J connectivity index is 1.68. The van der Waals surface area contributed by atoms with Crippen LogP contribution in [0.3, 0.4) is 0 Å². The monoisotopic (exact) mass is 377 g/mol. The number of carbonyl (C=O) groups excluding carboxylic acids is 2. The summed E-state index contributed by atoms with van der Waals surface area (Å²) in [7, 11) is 0. The summed E-state index contributed by atoms with van der Waals surface area (Å²) in [5.41, 5.74) is 0.532. The summed E-state index contributed by atoms with van der Waals surface area (Å²) < 4.78 is 7.41. The molecule has 0 bridgehead atoms. The van der Waals surface area contributed by atoms with Crippen LogP contribution in [0.4, 0.5) is 0 Å². The number of rotatable bonds is 6. The van der Waals surface area contributed by atoms with Crippen LogP contribution in [0.1, 0.15) is 23.8 Å². The summed E-state index contributed by atoms with van der Waals surface area (Å²) in [5, 5.41) is 10.8. The Morgan fingerprint density at radius 2 is 1.93 bits per heavy atom. The fourth-order valence-electron chi connectivity index (χ4n) is 3.45. The predicted molar refractivity (Wildman–Crippen MR) is 101 cm³/mol. The molecule has 28 heavy (non-hydrogen) atoms. The summed E-state index contributed by atoms with van der Waals surface area (Å²) >= 11 is 0. The molecule has 1 unspecified atom stereocenters. The number of benzene rings is 1. The number of Topliss-reactive ketones (excluding diaryl/α,β-unsaturated/α-hetero) is 1. The standard InChI is InChI=1S/C21H19N3O4/c25-19(15-6-2-1-3-7-15)17-18(16-8-4-13-28-16)24(21(27)20(17)26)11-5-10-23-12-9-22-14-23/h1-4,6-9,12-14,18,25H,5,10-11H2/b19-17+. The summed E-state index contributed by atoms with van der Waals surface area (Å²) in [6, 6.07) is 11.4. The van der Waals surface area contributed by atoms with Crippen LogP contribution >= 0.6 is 0 Å². The highest BCUT2D eigenvalue weighted by Crippen LogP contribution is 2.39. The molecule has 1 N–H and O–H groups in total. The average molecular weight is 377 g/mol. The van der Waals surface area contributed by atoms with E-state index in [1.54, 1.807) is 48.9 Å². The van der Waals surface area contributed by atoms with E-state index >= 15 is 0 Å². The van der Waals surface area contributed by atoms with E-state index in [1.807, 2.05) is 16.8 Å². The van der Waals surface area contributed by atoms with E-state index in [2.05, 4.69) is 4.98 Å². The predicted octanol–water partition coefficient (Wildman–Crippen LogP) is 2.99. The van der Waals surface area contributed by atoms with Crippen molar-refractivity contribution in [3.63, 3.8) is 0 Å². The third-order valence-electron chi connectivity index (χ3n) is 4.77. The van der Waals surface area contributed by atoms with Crippen molar-refractivity contribution in [3.05, 3.63) is 84.3 Å². The largest absolute Gasteiger partial charge is 0.507 e. The van der Waals surface area contributed by atoms with Gasteiger partial charge in [-0.05, 0) is 18.6 Å². The van der Waals surface area contributed by atoms with E-state index in [9.17, 15) is 14.7 Å². The molecule has 1 atom stereocenters. The van der Waals surface area contributed by atoms with E-state index in [0.717, 1.165) is 0 Å². The number of hydrogen-bond donors (Lipinski definition) is 1. The van der Waals surface area contributed by atoms with Crippen LogP contribution in [-0.2, 0) is 16.1 Å². The lowest BCUT2D eigenvalue weighted by molar-refractivity contribution is -0.140. The van der Waals surface area contributed by atoms with Gasteiger partial charge in [-0.2, -0.15) is 0 Å². The van der Waals surface area contributed by atoms with Gasteiger partial charge in [0.05, 0.1) is 18.2 Å². The first-order valence-corrected chi connectivity index (χ1v) is 9.00. The van der Waals surface area contributed by atoms with Crippen LogP contribution in [0.2, 0.25) is 0 Å². The van der Waals surface area contributed by atoms with Gasteiger partial charge in [0, 0.05) is 31.0 Å². The Bertz CT molecular complexity index is 992. The fourth-order valence-corrected chi connectivity index (χ4v) is 3.45. The van der Waals surface area contributed by atoms with Gasteiger partial charge in [-0.15, -0.1) is 0 Å². The molecule has 4 rings (SSSR count). The zero-order valence-corrected chi connectivity index (χ0v) is 15.1. The molecule has 1 aliphatic rings.